The van der Waals surface area contributed by atoms with Gasteiger partial charge >= 0.3 is 0 Å². The summed E-state index contributed by atoms with van der Waals surface area (Å²) in [5.41, 5.74) is 0.358. The zero-order chi connectivity index (χ0) is 11.3. The van der Waals surface area contributed by atoms with E-state index >= 15 is 0 Å². The number of hydrogen-bond acceptors (Lipinski definition) is 3. The van der Waals surface area contributed by atoms with E-state index in [1.807, 2.05) is 0 Å². The number of nitrogens with zero attached hydrogens (tertiary/aromatic N) is 1. The van der Waals surface area contributed by atoms with Gasteiger partial charge in [-0.1, -0.05) is 12.8 Å². The first-order valence-electron chi connectivity index (χ1n) is 7.36. The van der Waals surface area contributed by atoms with Crippen LogP contribution in [0.5, 0.6) is 0 Å². The van der Waals surface area contributed by atoms with Crippen molar-refractivity contribution in [2.24, 2.45) is 5.92 Å². The van der Waals surface area contributed by atoms with Crippen molar-refractivity contribution in [3.05, 3.63) is 0 Å². The van der Waals surface area contributed by atoms with Crippen LogP contribution in [0, 0.1) is 5.92 Å². The molecule has 0 amide bonds. The number of morpholine rings is 1. The molecular formula is C14H23NO2. The summed E-state index contributed by atoms with van der Waals surface area (Å²) < 4.78 is 11.9. The molecule has 4 fully saturated rings. The zero-order valence-corrected chi connectivity index (χ0v) is 10.6. The smallest absolute Gasteiger partial charge is 0.0731 e. The average Bonchev–Trinajstić information content (AvgIpc) is 2.78. The van der Waals surface area contributed by atoms with Crippen molar-refractivity contribution in [1.29, 1.82) is 0 Å². The van der Waals surface area contributed by atoms with Gasteiger partial charge in [-0.3, -0.25) is 4.90 Å². The van der Waals surface area contributed by atoms with E-state index in [0.717, 1.165) is 31.8 Å². The highest BCUT2D eigenvalue weighted by atomic mass is 16.5. The molecular weight excluding hydrogens is 214 g/mol. The second-order valence-electron chi connectivity index (χ2n) is 6.31. The first-order chi connectivity index (χ1) is 8.40. The fourth-order valence-corrected chi connectivity index (χ4v) is 4.73. The summed E-state index contributed by atoms with van der Waals surface area (Å²) in [6.07, 6.45) is 8.48. The van der Waals surface area contributed by atoms with Crippen molar-refractivity contribution in [2.75, 3.05) is 26.4 Å². The van der Waals surface area contributed by atoms with Crippen LogP contribution in [-0.2, 0) is 9.47 Å². The molecule has 0 bridgehead atoms. The lowest BCUT2D eigenvalue weighted by Crippen LogP contribution is -2.66. The lowest BCUT2D eigenvalue weighted by atomic mass is 9.77. The first-order valence-corrected chi connectivity index (χ1v) is 7.36. The van der Waals surface area contributed by atoms with Crippen molar-refractivity contribution >= 4 is 0 Å². The van der Waals surface area contributed by atoms with Crippen LogP contribution in [0.1, 0.15) is 38.5 Å². The molecule has 3 heterocycles. The van der Waals surface area contributed by atoms with Gasteiger partial charge in [0.2, 0.25) is 0 Å². The Morgan fingerprint density at radius 2 is 2.06 bits per heavy atom. The molecule has 4 atom stereocenters. The molecule has 17 heavy (non-hydrogen) atoms. The van der Waals surface area contributed by atoms with Gasteiger partial charge in [-0.2, -0.15) is 0 Å². The van der Waals surface area contributed by atoms with Crippen molar-refractivity contribution in [3.8, 4) is 0 Å². The highest BCUT2D eigenvalue weighted by Crippen LogP contribution is 2.47. The summed E-state index contributed by atoms with van der Waals surface area (Å²) >= 11 is 0. The third-order valence-electron chi connectivity index (χ3n) is 5.66. The second-order valence-corrected chi connectivity index (χ2v) is 6.31. The number of rotatable bonds is 0. The van der Waals surface area contributed by atoms with Crippen LogP contribution >= 0.6 is 0 Å². The normalized spacial score (nSPS) is 50.5. The van der Waals surface area contributed by atoms with E-state index in [1.165, 1.54) is 45.1 Å². The standard InChI is InChI=1S/C14H23NO2/c1-2-4-13-12(3-1)15-7-5-11-9-16-8-6-14(11,15)10-17-13/h11-13H,1-10H2. The molecule has 4 rings (SSSR count). The predicted octanol–water partition coefficient (Wildman–Crippen LogP) is 1.81. The van der Waals surface area contributed by atoms with Crippen molar-refractivity contribution in [1.82, 2.24) is 4.90 Å². The minimum Gasteiger partial charge on any atom is -0.381 e. The Morgan fingerprint density at radius 1 is 1.12 bits per heavy atom. The molecule has 1 spiro atoms. The average molecular weight is 237 g/mol. The van der Waals surface area contributed by atoms with E-state index in [4.69, 9.17) is 9.47 Å². The molecule has 3 saturated heterocycles. The van der Waals surface area contributed by atoms with Crippen molar-refractivity contribution in [3.63, 3.8) is 0 Å². The van der Waals surface area contributed by atoms with Crippen LogP contribution in [0.3, 0.4) is 0 Å². The largest absolute Gasteiger partial charge is 0.381 e. The number of fused-ring (bicyclic) bond motifs is 2. The maximum Gasteiger partial charge on any atom is 0.0731 e. The van der Waals surface area contributed by atoms with Gasteiger partial charge in [0.15, 0.2) is 0 Å². The highest BCUT2D eigenvalue weighted by molar-refractivity contribution is 5.09. The topological polar surface area (TPSA) is 21.7 Å². The molecule has 0 aromatic rings. The zero-order valence-electron chi connectivity index (χ0n) is 10.6. The van der Waals surface area contributed by atoms with Gasteiger partial charge in [0, 0.05) is 18.6 Å². The monoisotopic (exact) mass is 237 g/mol. The Morgan fingerprint density at radius 3 is 3.06 bits per heavy atom. The summed E-state index contributed by atoms with van der Waals surface area (Å²) in [7, 11) is 0. The predicted molar refractivity (Wildman–Crippen MR) is 65.0 cm³/mol. The van der Waals surface area contributed by atoms with E-state index in [1.54, 1.807) is 0 Å². The maximum atomic E-state index is 6.26. The minimum absolute atomic E-state index is 0.358. The van der Waals surface area contributed by atoms with E-state index in [9.17, 15) is 0 Å². The van der Waals surface area contributed by atoms with Crippen LogP contribution in [0.15, 0.2) is 0 Å². The summed E-state index contributed by atoms with van der Waals surface area (Å²) in [5.74, 6) is 0.735. The molecule has 3 aliphatic heterocycles. The Hall–Kier alpha value is -0.120. The fraction of sp³-hybridized carbons (Fsp3) is 1.00. The molecule has 0 aromatic carbocycles. The molecule has 0 N–H and O–H groups in total. The summed E-state index contributed by atoms with van der Waals surface area (Å²) in [6.45, 7) is 4.17. The molecule has 0 radical (unpaired) electrons. The third-order valence-corrected chi connectivity index (χ3v) is 5.66. The highest BCUT2D eigenvalue weighted by Gasteiger charge is 2.56. The summed E-state index contributed by atoms with van der Waals surface area (Å²) in [6, 6.07) is 0.723. The Kier molecular flexibility index (Phi) is 2.50. The van der Waals surface area contributed by atoms with Crippen LogP contribution < -0.4 is 0 Å². The van der Waals surface area contributed by atoms with Gasteiger partial charge < -0.3 is 9.47 Å². The Balaban J connectivity index is 1.64. The molecule has 3 nitrogen and oxygen atoms in total. The van der Waals surface area contributed by atoms with Crippen LogP contribution in [-0.4, -0.2) is 49.0 Å². The van der Waals surface area contributed by atoms with Gasteiger partial charge in [0.1, 0.15) is 0 Å². The SMILES string of the molecule is C1CCC2C(C1)OCC13CCOCC1CCN23. The molecule has 4 unspecified atom stereocenters. The van der Waals surface area contributed by atoms with E-state index in [0.29, 0.717) is 11.6 Å². The number of hydrogen-bond donors (Lipinski definition) is 0. The van der Waals surface area contributed by atoms with Gasteiger partial charge in [0.05, 0.1) is 24.9 Å². The number of ether oxygens (including phenoxy) is 2. The molecule has 4 aliphatic rings. The maximum absolute atomic E-state index is 6.26. The molecule has 1 aliphatic carbocycles. The molecule has 0 aromatic heterocycles. The van der Waals surface area contributed by atoms with Crippen LogP contribution in [0.25, 0.3) is 0 Å². The quantitative estimate of drug-likeness (QED) is 0.641. The van der Waals surface area contributed by atoms with Crippen molar-refractivity contribution in [2.45, 2.75) is 56.2 Å². The molecule has 3 heteroatoms. The first kappa shape index (κ1) is 10.8. The lowest BCUT2D eigenvalue weighted by molar-refractivity contribution is -0.180. The van der Waals surface area contributed by atoms with Crippen LogP contribution in [0.2, 0.25) is 0 Å². The van der Waals surface area contributed by atoms with E-state index in [-0.39, 0.29) is 0 Å². The Bertz CT molecular complexity index is 309. The third kappa shape index (κ3) is 1.45. The van der Waals surface area contributed by atoms with E-state index in [2.05, 4.69) is 4.90 Å². The Labute approximate surface area is 103 Å². The summed E-state index contributed by atoms with van der Waals surface area (Å²) in [4.78, 5) is 2.84. The summed E-state index contributed by atoms with van der Waals surface area (Å²) in [5, 5.41) is 0. The lowest BCUT2D eigenvalue weighted by Gasteiger charge is -2.55. The van der Waals surface area contributed by atoms with Gasteiger partial charge in [-0.05, 0) is 32.2 Å². The van der Waals surface area contributed by atoms with Gasteiger partial charge in [-0.25, -0.2) is 0 Å². The van der Waals surface area contributed by atoms with Crippen molar-refractivity contribution < 1.29 is 9.47 Å². The fourth-order valence-electron chi connectivity index (χ4n) is 4.73. The van der Waals surface area contributed by atoms with Crippen LogP contribution in [0.4, 0.5) is 0 Å². The second kappa shape index (κ2) is 3.94. The molecule has 1 saturated carbocycles. The minimum atomic E-state index is 0.358. The molecule has 96 valence electrons. The van der Waals surface area contributed by atoms with Gasteiger partial charge in [0.25, 0.3) is 0 Å². The van der Waals surface area contributed by atoms with Gasteiger partial charge in [-0.15, -0.1) is 0 Å². The van der Waals surface area contributed by atoms with E-state index < -0.39 is 0 Å².